The zero-order chi connectivity index (χ0) is 19.8. The second kappa shape index (κ2) is 9.68. The summed E-state index contributed by atoms with van der Waals surface area (Å²) >= 11 is 5.19. The molecule has 6 nitrogen and oxygen atoms in total. The number of ether oxygens (including phenoxy) is 3. The number of methoxy groups -OCH3 is 2. The van der Waals surface area contributed by atoms with Gasteiger partial charge in [-0.3, -0.25) is 9.59 Å². The predicted molar refractivity (Wildman–Crippen MR) is 106 cm³/mol. The first-order valence-corrected chi connectivity index (χ1v) is 8.68. The number of esters is 1. The lowest BCUT2D eigenvalue weighted by atomic mass is 10.1. The Labute approximate surface area is 163 Å². The molecule has 0 amide bonds. The van der Waals surface area contributed by atoms with Crippen LogP contribution in [0, 0.1) is 0 Å². The molecule has 27 heavy (non-hydrogen) atoms. The van der Waals surface area contributed by atoms with Gasteiger partial charge in [0.05, 0.1) is 19.8 Å². The number of hydrogen-bond acceptors (Lipinski definition) is 6. The van der Waals surface area contributed by atoms with E-state index in [9.17, 15) is 9.59 Å². The van der Waals surface area contributed by atoms with Gasteiger partial charge >= 0.3 is 5.97 Å². The highest BCUT2D eigenvalue weighted by Gasteiger charge is 2.17. The maximum Gasteiger partial charge on any atom is 0.308 e. The second-order valence-electron chi connectivity index (χ2n) is 5.61. The van der Waals surface area contributed by atoms with Gasteiger partial charge in [0.15, 0.2) is 11.5 Å². The maximum absolute atomic E-state index is 12.5. The van der Waals surface area contributed by atoms with Crippen LogP contribution in [-0.4, -0.2) is 37.5 Å². The van der Waals surface area contributed by atoms with Gasteiger partial charge in [0.2, 0.25) is 5.78 Å². The fourth-order valence-corrected chi connectivity index (χ4v) is 2.67. The van der Waals surface area contributed by atoms with Gasteiger partial charge in [0, 0.05) is 13.5 Å². The minimum Gasteiger partial charge on any atom is -0.493 e. The smallest absolute Gasteiger partial charge is 0.308 e. The molecule has 0 aliphatic heterocycles. The van der Waals surface area contributed by atoms with E-state index in [0.717, 1.165) is 5.56 Å². The van der Waals surface area contributed by atoms with E-state index in [4.69, 9.17) is 26.4 Å². The van der Waals surface area contributed by atoms with Crippen molar-refractivity contribution in [3.05, 3.63) is 53.6 Å². The Kier molecular flexibility index (Phi) is 7.31. The van der Waals surface area contributed by atoms with E-state index in [1.807, 2.05) is 18.2 Å². The Balaban J connectivity index is 1.98. The quantitative estimate of drug-likeness (QED) is 0.323. The molecule has 0 aromatic heterocycles. The van der Waals surface area contributed by atoms with E-state index >= 15 is 0 Å². The van der Waals surface area contributed by atoms with Crippen LogP contribution >= 0.6 is 12.2 Å². The van der Waals surface area contributed by atoms with Gasteiger partial charge in [-0.25, -0.2) is 0 Å². The molecule has 0 spiro atoms. The average Bonchev–Trinajstić information content (AvgIpc) is 2.67. The molecular weight excluding hydrogens is 366 g/mol. The summed E-state index contributed by atoms with van der Waals surface area (Å²) in [5.74, 6) is 0.599. The molecule has 2 rings (SSSR count). The molecule has 0 atom stereocenters. The van der Waals surface area contributed by atoms with Crippen LogP contribution < -0.4 is 19.5 Å². The second-order valence-corrected chi connectivity index (χ2v) is 6.02. The van der Waals surface area contributed by atoms with E-state index in [1.54, 1.807) is 38.5 Å². The number of nitrogens with one attached hydrogen (secondary N) is 1. The van der Waals surface area contributed by atoms with Gasteiger partial charge < -0.3 is 19.5 Å². The molecule has 0 fully saturated rings. The van der Waals surface area contributed by atoms with Crippen LogP contribution in [0.4, 0.5) is 0 Å². The Hall–Kier alpha value is -2.93. The average molecular weight is 387 g/mol. The predicted octanol–water partition coefficient (Wildman–Crippen LogP) is 2.97. The number of ketones is 1. The highest BCUT2D eigenvalue weighted by Crippen LogP contribution is 2.27. The summed E-state index contributed by atoms with van der Waals surface area (Å²) in [6.45, 7) is 1.75. The van der Waals surface area contributed by atoms with E-state index in [2.05, 4.69) is 5.32 Å². The number of carbonyl (C=O) groups excluding carboxylic acids is 2. The number of carbonyl (C=O) groups is 2. The van der Waals surface area contributed by atoms with Crippen molar-refractivity contribution >= 4 is 29.0 Å². The summed E-state index contributed by atoms with van der Waals surface area (Å²) in [4.78, 5) is 23.8. The molecular formula is C20H21NO5S. The SMILES string of the molecule is COc1ccc(CCNC(=S)C(=O)c2ccccc2OC(C)=O)cc1OC. The van der Waals surface area contributed by atoms with Crippen LogP contribution in [0.15, 0.2) is 42.5 Å². The fraction of sp³-hybridized carbons (Fsp3) is 0.250. The first-order chi connectivity index (χ1) is 13.0. The molecule has 1 N–H and O–H groups in total. The monoisotopic (exact) mass is 387 g/mol. The van der Waals surface area contributed by atoms with Crippen LogP contribution in [0.1, 0.15) is 22.8 Å². The molecule has 0 heterocycles. The Morgan fingerprint density at radius 2 is 1.70 bits per heavy atom. The Morgan fingerprint density at radius 1 is 1.00 bits per heavy atom. The number of para-hydroxylation sites is 1. The summed E-state index contributed by atoms with van der Waals surface area (Å²) in [7, 11) is 3.16. The number of rotatable bonds is 8. The zero-order valence-electron chi connectivity index (χ0n) is 15.4. The third-order valence-corrected chi connectivity index (χ3v) is 4.07. The Morgan fingerprint density at radius 3 is 2.37 bits per heavy atom. The molecule has 0 radical (unpaired) electrons. The van der Waals surface area contributed by atoms with Crippen molar-refractivity contribution in [2.45, 2.75) is 13.3 Å². The summed E-state index contributed by atoms with van der Waals surface area (Å²) < 4.78 is 15.6. The molecule has 0 unspecified atom stereocenters. The highest BCUT2D eigenvalue weighted by atomic mass is 32.1. The number of thiocarbonyl (C=S) groups is 1. The Bertz CT molecular complexity index is 850. The van der Waals surface area contributed by atoms with Crippen molar-refractivity contribution in [3.63, 3.8) is 0 Å². The normalized spacial score (nSPS) is 10.0. The molecule has 142 valence electrons. The van der Waals surface area contributed by atoms with E-state index < -0.39 is 11.8 Å². The molecule has 2 aromatic rings. The lowest BCUT2D eigenvalue weighted by Crippen LogP contribution is -2.31. The van der Waals surface area contributed by atoms with Crippen molar-refractivity contribution in [1.82, 2.24) is 5.32 Å². The zero-order valence-corrected chi connectivity index (χ0v) is 16.2. The van der Waals surface area contributed by atoms with Crippen molar-refractivity contribution in [2.24, 2.45) is 0 Å². The van der Waals surface area contributed by atoms with Gasteiger partial charge in [-0.1, -0.05) is 30.4 Å². The molecule has 0 saturated heterocycles. The number of hydrogen-bond donors (Lipinski definition) is 1. The van der Waals surface area contributed by atoms with Crippen molar-refractivity contribution < 1.29 is 23.8 Å². The van der Waals surface area contributed by atoms with Gasteiger partial charge in [0.25, 0.3) is 0 Å². The third kappa shape index (κ3) is 5.52. The van der Waals surface area contributed by atoms with Gasteiger partial charge in [-0.2, -0.15) is 0 Å². The van der Waals surface area contributed by atoms with E-state index in [1.165, 1.54) is 6.92 Å². The van der Waals surface area contributed by atoms with Crippen molar-refractivity contribution in [2.75, 3.05) is 20.8 Å². The van der Waals surface area contributed by atoms with E-state index in [0.29, 0.717) is 24.5 Å². The summed E-state index contributed by atoms with van der Waals surface area (Å²) in [5.41, 5.74) is 1.26. The van der Waals surface area contributed by atoms with Crippen LogP contribution in [0.25, 0.3) is 0 Å². The van der Waals surface area contributed by atoms with Crippen molar-refractivity contribution in [1.29, 1.82) is 0 Å². The molecule has 2 aromatic carbocycles. The summed E-state index contributed by atoms with van der Waals surface area (Å²) in [6, 6.07) is 12.1. The fourth-order valence-electron chi connectivity index (χ4n) is 2.46. The van der Waals surface area contributed by atoms with Crippen LogP contribution in [0.2, 0.25) is 0 Å². The largest absolute Gasteiger partial charge is 0.493 e. The van der Waals surface area contributed by atoms with Crippen LogP contribution in [-0.2, 0) is 11.2 Å². The number of benzene rings is 2. The van der Waals surface area contributed by atoms with Gasteiger partial charge in [-0.05, 0) is 36.2 Å². The van der Waals surface area contributed by atoms with Crippen LogP contribution in [0.3, 0.4) is 0 Å². The van der Waals surface area contributed by atoms with Crippen LogP contribution in [0.5, 0.6) is 17.2 Å². The first-order valence-electron chi connectivity index (χ1n) is 8.27. The van der Waals surface area contributed by atoms with Gasteiger partial charge in [0.1, 0.15) is 10.7 Å². The molecule has 7 heteroatoms. The molecule has 0 bridgehead atoms. The van der Waals surface area contributed by atoms with Gasteiger partial charge in [-0.15, -0.1) is 0 Å². The topological polar surface area (TPSA) is 73.9 Å². The highest BCUT2D eigenvalue weighted by molar-refractivity contribution is 7.82. The lowest BCUT2D eigenvalue weighted by molar-refractivity contribution is -0.131. The minimum absolute atomic E-state index is 0.0649. The molecule has 0 aliphatic carbocycles. The number of Topliss-reactive ketones (excluding diaryl/α,β-unsaturated/α-hetero) is 1. The summed E-state index contributed by atoms with van der Waals surface area (Å²) in [5, 5.41) is 2.95. The molecule has 0 aliphatic rings. The summed E-state index contributed by atoms with van der Waals surface area (Å²) in [6.07, 6.45) is 0.638. The van der Waals surface area contributed by atoms with E-state index in [-0.39, 0.29) is 16.3 Å². The molecule has 0 saturated carbocycles. The maximum atomic E-state index is 12.5. The van der Waals surface area contributed by atoms with Crippen molar-refractivity contribution in [3.8, 4) is 17.2 Å². The third-order valence-electron chi connectivity index (χ3n) is 3.74. The standard InChI is InChI=1S/C20H21NO5S/c1-13(22)26-16-7-5-4-6-15(16)19(23)20(27)21-11-10-14-8-9-17(24-2)18(12-14)25-3/h4-9,12H,10-11H2,1-3H3,(H,21,27). The first kappa shape index (κ1) is 20.4. The minimum atomic E-state index is -0.498. The lowest BCUT2D eigenvalue weighted by Gasteiger charge is -2.12.